The minimum Gasteiger partial charge on any atom is -0.396 e. The summed E-state index contributed by atoms with van der Waals surface area (Å²) in [5, 5.41) is 8.96. The van der Waals surface area contributed by atoms with Crippen LogP contribution in [-0.4, -0.2) is 18.3 Å². The van der Waals surface area contributed by atoms with Crippen LogP contribution in [0.1, 0.15) is 17.0 Å². The van der Waals surface area contributed by atoms with E-state index < -0.39 is 24.3 Å². The monoisotopic (exact) mass is 253 g/mol. The smallest absolute Gasteiger partial charge is 0.396 e. The second-order valence-corrected chi connectivity index (χ2v) is 3.72. The zero-order valence-electron chi connectivity index (χ0n) is 8.26. The van der Waals surface area contributed by atoms with E-state index in [1.165, 1.54) is 12.1 Å². The molecule has 0 saturated heterocycles. The van der Waals surface area contributed by atoms with Crippen molar-refractivity contribution in [3.05, 3.63) is 34.3 Å². The predicted molar refractivity (Wildman–Crippen MR) is 55.3 cm³/mol. The SMILES string of the molecule is NCC(CO)c1c(Cl)cccc1C(F)(F)F. The van der Waals surface area contributed by atoms with Gasteiger partial charge in [-0.1, -0.05) is 17.7 Å². The molecule has 0 saturated carbocycles. The molecule has 0 spiro atoms. The van der Waals surface area contributed by atoms with Gasteiger partial charge in [-0.2, -0.15) is 13.2 Å². The molecule has 0 amide bonds. The molecule has 0 fully saturated rings. The van der Waals surface area contributed by atoms with Gasteiger partial charge in [-0.25, -0.2) is 0 Å². The third-order valence-corrected chi connectivity index (χ3v) is 2.60. The summed E-state index contributed by atoms with van der Waals surface area (Å²) >= 11 is 5.72. The Hall–Kier alpha value is -0.780. The first-order valence-electron chi connectivity index (χ1n) is 4.58. The number of hydrogen-bond donors (Lipinski definition) is 2. The fourth-order valence-corrected chi connectivity index (χ4v) is 1.81. The molecule has 0 radical (unpaired) electrons. The number of nitrogens with two attached hydrogens (primary N) is 1. The Morgan fingerprint density at radius 2 is 2.00 bits per heavy atom. The fraction of sp³-hybridized carbons (Fsp3) is 0.400. The van der Waals surface area contributed by atoms with Crippen molar-refractivity contribution in [2.45, 2.75) is 12.1 Å². The maximum absolute atomic E-state index is 12.7. The van der Waals surface area contributed by atoms with Crippen LogP contribution in [0.15, 0.2) is 18.2 Å². The summed E-state index contributed by atoms with van der Waals surface area (Å²) in [4.78, 5) is 0. The number of halogens is 4. The molecule has 2 nitrogen and oxygen atoms in total. The molecule has 1 unspecified atom stereocenters. The van der Waals surface area contributed by atoms with Gasteiger partial charge < -0.3 is 10.8 Å². The summed E-state index contributed by atoms with van der Waals surface area (Å²) in [6.07, 6.45) is -4.50. The van der Waals surface area contributed by atoms with Crippen LogP contribution in [0.3, 0.4) is 0 Å². The second-order valence-electron chi connectivity index (χ2n) is 3.31. The lowest BCUT2D eigenvalue weighted by Crippen LogP contribution is -2.21. The van der Waals surface area contributed by atoms with E-state index in [9.17, 15) is 13.2 Å². The first-order chi connectivity index (χ1) is 7.41. The molecule has 90 valence electrons. The Balaban J connectivity index is 3.34. The van der Waals surface area contributed by atoms with Gasteiger partial charge in [0.25, 0.3) is 0 Å². The quantitative estimate of drug-likeness (QED) is 0.869. The van der Waals surface area contributed by atoms with Crippen molar-refractivity contribution in [2.24, 2.45) is 5.73 Å². The molecule has 16 heavy (non-hydrogen) atoms. The Morgan fingerprint density at radius 1 is 1.38 bits per heavy atom. The van der Waals surface area contributed by atoms with E-state index in [0.717, 1.165) is 6.07 Å². The van der Waals surface area contributed by atoms with Gasteiger partial charge in [-0.15, -0.1) is 0 Å². The van der Waals surface area contributed by atoms with Crippen molar-refractivity contribution in [3.8, 4) is 0 Å². The molecule has 0 aliphatic heterocycles. The normalized spacial score (nSPS) is 13.9. The zero-order valence-corrected chi connectivity index (χ0v) is 9.02. The topological polar surface area (TPSA) is 46.2 Å². The van der Waals surface area contributed by atoms with Gasteiger partial charge in [-0.05, 0) is 17.7 Å². The average Bonchev–Trinajstić information content (AvgIpc) is 2.20. The minimum absolute atomic E-state index is 0.0284. The molecule has 0 aliphatic carbocycles. The summed E-state index contributed by atoms with van der Waals surface area (Å²) in [5.74, 6) is -0.801. The van der Waals surface area contributed by atoms with Gasteiger partial charge in [0.05, 0.1) is 12.2 Å². The van der Waals surface area contributed by atoms with Crippen LogP contribution in [0, 0.1) is 0 Å². The maximum atomic E-state index is 12.7. The standard InChI is InChI=1S/C10H11ClF3NO/c11-8-3-1-2-7(10(12,13)14)9(8)6(4-15)5-16/h1-3,6,16H,4-5,15H2. The van der Waals surface area contributed by atoms with Crippen molar-refractivity contribution in [1.29, 1.82) is 0 Å². The molecule has 0 heterocycles. The highest BCUT2D eigenvalue weighted by Crippen LogP contribution is 2.38. The Kier molecular flexibility index (Phi) is 4.18. The van der Waals surface area contributed by atoms with Crippen molar-refractivity contribution >= 4 is 11.6 Å². The van der Waals surface area contributed by atoms with E-state index in [-0.39, 0.29) is 17.1 Å². The van der Waals surface area contributed by atoms with E-state index in [0.29, 0.717) is 0 Å². The van der Waals surface area contributed by atoms with E-state index in [1.807, 2.05) is 0 Å². The van der Waals surface area contributed by atoms with Crippen LogP contribution in [0.2, 0.25) is 5.02 Å². The lowest BCUT2D eigenvalue weighted by molar-refractivity contribution is -0.138. The first kappa shape index (κ1) is 13.3. The Labute approximate surface area is 95.8 Å². The van der Waals surface area contributed by atoms with Crippen LogP contribution in [-0.2, 0) is 6.18 Å². The predicted octanol–water partition coefficient (Wildman–Crippen LogP) is 2.39. The lowest BCUT2D eigenvalue weighted by Gasteiger charge is -2.19. The Morgan fingerprint density at radius 3 is 2.44 bits per heavy atom. The zero-order chi connectivity index (χ0) is 12.3. The molecule has 6 heteroatoms. The van der Waals surface area contributed by atoms with E-state index in [4.69, 9.17) is 22.4 Å². The maximum Gasteiger partial charge on any atom is 0.416 e. The highest BCUT2D eigenvalue weighted by Gasteiger charge is 2.35. The number of rotatable bonds is 3. The first-order valence-corrected chi connectivity index (χ1v) is 4.96. The number of aliphatic hydroxyl groups excluding tert-OH is 1. The van der Waals surface area contributed by atoms with E-state index in [2.05, 4.69) is 0 Å². The van der Waals surface area contributed by atoms with Crippen molar-refractivity contribution in [1.82, 2.24) is 0 Å². The van der Waals surface area contributed by atoms with E-state index in [1.54, 1.807) is 0 Å². The van der Waals surface area contributed by atoms with Crippen LogP contribution in [0.5, 0.6) is 0 Å². The van der Waals surface area contributed by atoms with Crippen molar-refractivity contribution < 1.29 is 18.3 Å². The molecular weight excluding hydrogens is 243 g/mol. The van der Waals surface area contributed by atoms with Gasteiger partial charge >= 0.3 is 6.18 Å². The lowest BCUT2D eigenvalue weighted by atomic mass is 9.94. The summed E-state index contributed by atoms with van der Waals surface area (Å²) in [7, 11) is 0. The summed E-state index contributed by atoms with van der Waals surface area (Å²) < 4.78 is 38.0. The number of alkyl halides is 3. The third kappa shape index (κ3) is 2.66. The molecular formula is C10H11ClF3NO. The van der Waals surface area contributed by atoms with Gasteiger partial charge in [0, 0.05) is 17.5 Å². The van der Waals surface area contributed by atoms with Crippen LogP contribution in [0.4, 0.5) is 13.2 Å². The number of aliphatic hydroxyl groups is 1. The summed E-state index contributed by atoms with van der Waals surface area (Å²) in [6, 6.07) is 3.50. The van der Waals surface area contributed by atoms with Crippen LogP contribution >= 0.6 is 11.6 Å². The van der Waals surface area contributed by atoms with Gasteiger partial charge in [-0.3, -0.25) is 0 Å². The molecule has 1 rings (SSSR count). The largest absolute Gasteiger partial charge is 0.416 e. The average molecular weight is 254 g/mol. The molecule has 1 atom stereocenters. The highest BCUT2D eigenvalue weighted by atomic mass is 35.5. The molecule has 0 aromatic heterocycles. The summed E-state index contributed by atoms with van der Waals surface area (Å²) in [5.41, 5.74) is 4.33. The van der Waals surface area contributed by atoms with Crippen molar-refractivity contribution in [3.63, 3.8) is 0 Å². The van der Waals surface area contributed by atoms with E-state index >= 15 is 0 Å². The highest BCUT2D eigenvalue weighted by molar-refractivity contribution is 6.31. The van der Waals surface area contributed by atoms with Crippen LogP contribution < -0.4 is 5.73 Å². The number of hydrogen-bond acceptors (Lipinski definition) is 2. The number of benzene rings is 1. The minimum atomic E-state index is -4.50. The third-order valence-electron chi connectivity index (χ3n) is 2.27. The van der Waals surface area contributed by atoms with Crippen molar-refractivity contribution in [2.75, 3.05) is 13.2 Å². The van der Waals surface area contributed by atoms with Crippen LogP contribution in [0.25, 0.3) is 0 Å². The molecule has 1 aromatic rings. The van der Waals surface area contributed by atoms with Gasteiger partial charge in [0.1, 0.15) is 0 Å². The molecule has 1 aromatic carbocycles. The second kappa shape index (κ2) is 5.03. The van der Waals surface area contributed by atoms with Gasteiger partial charge in [0.2, 0.25) is 0 Å². The molecule has 3 N–H and O–H groups in total. The van der Waals surface area contributed by atoms with Gasteiger partial charge in [0.15, 0.2) is 0 Å². The summed E-state index contributed by atoms with van der Waals surface area (Å²) in [6.45, 7) is -0.563. The fourth-order valence-electron chi connectivity index (χ4n) is 1.48. The molecule has 0 aliphatic rings. The Bertz CT molecular complexity index is 364. The molecule has 0 bridgehead atoms.